The van der Waals surface area contributed by atoms with Gasteiger partial charge in [0, 0.05) is 70.2 Å². The second-order valence-electron chi connectivity index (χ2n) is 9.26. The smallest absolute Gasteiger partial charge is 0.255 e. The number of benzene rings is 1. The number of rotatable bonds is 5. The summed E-state index contributed by atoms with van der Waals surface area (Å²) >= 11 is 1.79. The Morgan fingerprint density at radius 2 is 1.88 bits per heavy atom. The zero-order valence-corrected chi connectivity index (χ0v) is 20.2. The minimum atomic E-state index is -0.696. The molecule has 1 N–H and O–H groups in total. The van der Waals surface area contributed by atoms with E-state index in [0.29, 0.717) is 30.8 Å². The Hall–Kier alpha value is -2.98. The highest BCUT2D eigenvalue weighted by Crippen LogP contribution is 2.33. The van der Waals surface area contributed by atoms with E-state index in [-0.39, 0.29) is 24.8 Å². The third kappa shape index (κ3) is 4.27. The number of carbonyl (C=O) groups is 3. The van der Waals surface area contributed by atoms with Crippen LogP contribution in [0.1, 0.15) is 33.6 Å². The molecule has 1 atom stereocenters. The first-order valence-corrected chi connectivity index (χ1v) is 12.3. The van der Waals surface area contributed by atoms with Gasteiger partial charge in [0.15, 0.2) is 0 Å². The second kappa shape index (κ2) is 8.99. The maximum atomic E-state index is 15.1. The van der Waals surface area contributed by atoms with Crippen molar-refractivity contribution in [1.29, 1.82) is 0 Å². The fourth-order valence-electron chi connectivity index (χ4n) is 4.88. The summed E-state index contributed by atoms with van der Waals surface area (Å²) in [5.41, 5.74) is 1.53. The molecule has 1 unspecified atom stereocenters. The van der Waals surface area contributed by atoms with E-state index in [2.05, 4.69) is 27.2 Å². The van der Waals surface area contributed by atoms with Crippen LogP contribution in [-0.4, -0.2) is 73.8 Å². The number of hydrogen-bond donors (Lipinski definition) is 1. The van der Waals surface area contributed by atoms with E-state index in [1.807, 2.05) is 19.0 Å². The number of nitrogens with zero attached hydrogens (tertiary/aromatic N) is 4. The first-order valence-electron chi connectivity index (χ1n) is 11.5. The molecule has 8 nitrogen and oxygen atoms in total. The summed E-state index contributed by atoms with van der Waals surface area (Å²) in [6.45, 7) is 4.19. The molecule has 3 amide bonds. The van der Waals surface area contributed by atoms with Gasteiger partial charge in [0.25, 0.3) is 5.91 Å². The fourth-order valence-corrected chi connectivity index (χ4v) is 5.85. The van der Waals surface area contributed by atoms with Crippen molar-refractivity contribution in [3.05, 3.63) is 46.1 Å². The molecule has 0 bridgehead atoms. The van der Waals surface area contributed by atoms with Crippen molar-refractivity contribution in [2.75, 3.05) is 50.1 Å². The van der Waals surface area contributed by atoms with Crippen molar-refractivity contribution in [2.45, 2.75) is 32.0 Å². The van der Waals surface area contributed by atoms with Crippen LogP contribution in [0.25, 0.3) is 0 Å². The molecule has 2 fully saturated rings. The van der Waals surface area contributed by atoms with Crippen LogP contribution in [-0.2, 0) is 22.7 Å². The molecule has 0 saturated carbocycles. The summed E-state index contributed by atoms with van der Waals surface area (Å²) in [6.07, 6.45) is 0.490. The van der Waals surface area contributed by atoms with E-state index in [1.54, 1.807) is 17.4 Å². The first-order chi connectivity index (χ1) is 16.3. The number of hydrogen-bond acceptors (Lipinski definition) is 7. The number of halogens is 1. The van der Waals surface area contributed by atoms with E-state index < -0.39 is 17.8 Å². The van der Waals surface area contributed by atoms with Crippen molar-refractivity contribution in [3.63, 3.8) is 0 Å². The van der Waals surface area contributed by atoms with Gasteiger partial charge in [-0.05, 0) is 36.2 Å². The van der Waals surface area contributed by atoms with Crippen molar-refractivity contribution < 1.29 is 18.8 Å². The molecule has 5 rings (SSSR count). The number of piperidine rings is 1. The van der Waals surface area contributed by atoms with Crippen molar-refractivity contribution >= 4 is 39.7 Å². The summed E-state index contributed by atoms with van der Waals surface area (Å²) < 4.78 is 15.1. The van der Waals surface area contributed by atoms with Crippen molar-refractivity contribution in [2.24, 2.45) is 0 Å². The Morgan fingerprint density at radius 1 is 1.12 bits per heavy atom. The van der Waals surface area contributed by atoms with Gasteiger partial charge in [-0.25, -0.2) is 4.39 Å². The Labute approximate surface area is 201 Å². The SMILES string of the molecule is CN(C)c1ccc(CN2CCN(c3cc4c(cc3F)C(=O)N(C3CCC(=O)NC3=O)C4)CC2)s1. The van der Waals surface area contributed by atoms with Crippen LogP contribution in [0.3, 0.4) is 0 Å². The van der Waals surface area contributed by atoms with Crippen LogP contribution < -0.4 is 15.1 Å². The van der Waals surface area contributed by atoms with Crippen molar-refractivity contribution in [3.8, 4) is 0 Å². The lowest BCUT2D eigenvalue weighted by Crippen LogP contribution is -2.52. The lowest BCUT2D eigenvalue weighted by molar-refractivity contribution is -0.136. The number of anilines is 2. The average molecular weight is 486 g/mol. The van der Waals surface area contributed by atoms with Crippen LogP contribution in [0.5, 0.6) is 0 Å². The summed E-state index contributed by atoms with van der Waals surface area (Å²) in [5.74, 6) is -1.56. The predicted octanol–water partition coefficient (Wildman–Crippen LogP) is 2.04. The zero-order chi connectivity index (χ0) is 24.0. The van der Waals surface area contributed by atoms with Crippen LogP contribution in [0, 0.1) is 5.82 Å². The Kier molecular flexibility index (Phi) is 6.03. The van der Waals surface area contributed by atoms with Gasteiger partial charge in [-0.3, -0.25) is 24.6 Å². The van der Waals surface area contributed by atoms with Crippen molar-refractivity contribution in [1.82, 2.24) is 15.1 Å². The quantitative estimate of drug-likeness (QED) is 0.654. The van der Waals surface area contributed by atoms with Crippen LogP contribution >= 0.6 is 11.3 Å². The summed E-state index contributed by atoms with van der Waals surface area (Å²) in [6, 6.07) is 6.66. The predicted molar refractivity (Wildman–Crippen MR) is 129 cm³/mol. The number of nitrogens with one attached hydrogen (secondary N) is 1. The number of thiophene rings is 1. The third-order valence-corrected chi connectivity index (χ3v) is 8.01. The van der Waals surface area contributed by atoms with E-state index in [0.717, 1.165) is 25.2 Å². The first kappa shape index (κ1) is 22.8. The van der Waals surface area contributed by atoms with Crippen LogP contribution in [0.15, 0.2) is 24.3 Å². The highest BCUT2D eigenvalue weighted by atomic mass is 32.1. The van der Waals surface area contributed by atoms with Gasteiger partial charge in [-0.2, -0.15) is 0 Å². The number of carbonyl (C=O) groups excluding carboxylic acids is 3. The van der Waals surface area contributed by atoms with Gasteiger partial charge in [0.05, 0.1) is 10.7 Å². The van der Waals surface area contributed by atoms with Gasteiger partial charge >= 0.3 is 0 Å². The average Bonchev–Trinajstić information content (AvgIpc) is 3.39. The van der Waals surface area contributed by atoms with E-state index in [9.17, 15) is 14.4 Å². The second-order valence-corrected chi connectivity index (χ2v) is 10.4. The highest BCUT2D eigenvalue weighted by Gasteiger charge is 2.40. The molecule has 0 aliphatic carbocycles. The molecule has 10 heteroatoms. The monoisotopic (exact) mass is 485 g/mol. The van der Waals surface area contributed by atoms with Gasteiger partial charge < -0.3 is 14.7 Å². The molecule has 0 spiro atoms. The molecule has 180 valence electrons. The molecular formula is C24H28FN5O3S. The van der Waals surface area contributed by atoms with Gasteiger partial charge in [0.2, 0.25) is 11.8 Å². The topological polar surface area (TPSA) is 76.2 Å². The van der Waals surface area contributed by atoms with E-state index in [1.165, 1.54) is 20.8 Å². The van der Waals surface area contributed by atoms with Gasteiger partial charge in [-0.1, -0.05) is 0 Å². The maximum Gasteiger partial charge on any atom is 0.255 e. The molecule has 1 aromatic heterocycles. The standard InChI is InChI=1S/C24H28FN5O3S/c1-27(2)22-6-3-16(34-22)14-28-7-9-29(10-8-28)20-11-15-13-30(24(33)17(15)12-18(20)25)19-4-5-21(31)26-23(19)32/h3,6,11-12,19H,4-5,7-10,13-14H2,1-2H3,(H,26,31,32). The Balaban J connectivity index is 1.25. The number of amides is 3. The molecule has 3 aliphatic rings. The summed E-state index contributed by atoms with van der Waals surface area (Å²) in [4.78, 5) is 45.9. The maximum absolute atomic E-state index is 15.1. The molecule has 3 aliphatic heterocycles. The molecule has 2 aromatic rings. The normalized spacial score (nSPS) is 21.1. The Morgan fingerprint density at radius 3 is 2.56 bits per heavy atom. The van der Waals surface area contributed by atoms with Crippen LogP contribution in [0.4, 0.5) is 15.1 Å². The molecule has 2 saturated heterocycles. The number of piperazine rings is 1. The fraction of sp³-hybridized carbons (Fsp3) is 0.458. The molecule has 34 heavy (non-hydrogen) atoms. The molecule has 1 aromatic carbocycles. The highest BCUT2D eigenvalue weighted by molar-refractivity contribution is 7.16. The Bertz CT molecular complexity index is 1140. The molecular weight excluding hydrogens is 457 g/mol. The number of fused-ring (bicyclic) bond motifs is 1. The largest absolute Gasteiger partial charge is 0.370 e. The summed E-state index contributed by atoms with van der Waals surface area (Å²) in [5, 5.41) is 3.53. The minimum absolute atomic E-state index is 0.197. The van der Waals surface area contributed by atoms with E-state index >= 15 is 4.39 Å². The minimum Gasteiger partial charge on any atom is -0.370 e. The number of imide groups is 1. The third-order valence-electron chi connectivity index (χ3n) is 6.77. The summed E-state index contributed by atoms with van der Waals surface area (Å²) in [7, 11) is 4.08. The molecule has 0 radical (unpaired) electrons. The van der Waals surface area contributed by atoms with Gasteiger partial charge in [0.1, 0.15) is 11.9 Å². The zero-order valence-electron chi connectivity index (χ0n) is 19.3. The lowest BCUT2D eigenvalue weighted by atomic mass is 10.0. The lowest BCUT2D eigenvalue weighted by Gasteiger charge is -2.36. The van der Waals surface area contributed by atoms with Gasteiger partial charge in [-0.15, -0.1) is 11.3 Å². The van der Waals surface area contributed by atoms with E-state index in [4.69, 9.17) is 0 Å². The molecule has 4 heterocycles. The van der Waals surface area contributed by atoms with Crippen LogP contribution in [0.2, 0.25) is 0 Å².